The average Bonchev–Trinajstić information content (AvgIpc) is 3.05. The molecule has 0 bridgehead atoms. The van der Waals surface area contributed by atoms with E-state index < -0.39 is 15.9 Å². The van der Waals surface area contributed by atoms with Gasteiger partial charge in [0.25, 0.3) is 5.91 Å². The van der Waals surface area contributed by atoms with Gasteiger partial charge < -0.3 is 9.64 Å². The van der Waals surface area contributed by atoms with Gasteiger partial charge in [0.15, 0.2) is 16.4 Å². The summed E-state index contributed by atoms with van der Waals surface area (Å²) >= 11 is 0. The summed E-state index contributed by atoms with van der Waals surface area (Å²) in [5.41, 5.74) is 0.870. The molecule has 166 valence electrons. The predicted molar refractivity (Wildman–Crippen MR) is 117 cm³/mol. The Kier molecular flexibility index (Phi) is 6.90. The van der Waals surface area contributed by atoms with E-state index in [-0.39, 0.29) is 41.3 Å². The van der Waals surface area contributed by atoms with Crippen molar-refractivity contribution >= 4 is 27.4 Å². The standard InChI is InChI=1S/C23H33NO5S/c1-23(2,3)18-11-9-17(10-12-18)22(26)29-15-21(25)24(19-7-5-4-6-8-19)20-13-14-30(27,28)16-20/h4-8,17-18,20H,9-16H2,1-3H3. The molecule has 0 aromatic heterocycles. The van der Waals surface area contributed by atoms with Gasteiger partial charge in [0, 0.05) is 5.69 Å². The van der Waals surface area contributed by atoms with E-state index in [1.54, 1.807) is 24.3 Å². The molecule has 1 unspecified atom stereocenters. The van der Waals surface area contributed by atoms with Crippen molar-refractivity contribution in [1.82, 2.24) is 0 Å². The Morgan fingerprint density at radius 3 is 2.20 bits per heavy atom. The predicted octanol–water partition coefficient (Wildman–Crippen LogP) is 3.60. The van der Waals surface area contributed by atoms with Crippen molar-refractivity contribution < 1.29 is 22.7 Å². The fourth-order valence-electron chi connectivity index (χ4n) is 4.64. The van der Waals surface area contributed by atoms with E-state index in [1.165, 1.54) is 4.90 Å². The molecule has 1 atom stereocenters. The third-order valence-corrected chi connectivity index (χ3v) is 8.25. The largest absolute Gasteiger partial charge is 0.455 e. The highest BCUT2D eigenvalue weighted by atomic mass is 32.2. The number of carbonyl (C=O) groups excluding carboxylic acids is 2. The molecule has 1 saturated heterocycles. The Labute approximate surface area is 179 Å². The molecule has 0 spiro atoms. The van der Waals surface area contributed by atoms with Crippen LogP contribution in [0.4, 0.5) is 5.69 Å². The molecule has 7 heteroatoms. The van der Waals surface area contributed by atoms with E-state index in [4.69, 9.17) is 4.74 Å². The molecule has 0 radical (unpaired) electrons. The highest BCUT2D eigenvalue weighted by molar-refractivity contribution is 7.91. The fraction of sp³-hybridized carbons (Fsp3) is 0.652. The van der Waals surface area contributed by atoms with Crippen molar-refractivity contribution in [1.29, 1.82) is 0 Å². The third kappa shape index (κ3) is 5.62. The molecule has 2 fully saturated rings. The summed E-state index contributed by atoms with van der Waals surface area (Å²) in [4.78, 5) is 27.0. The number of para-hydroxylation sites is 1. The molecule has 3 rings (SSSR count). The lowest BCUT2D eigenvalue weighted by molar-refractivity contribution is -0.153. The second-order valence-corrected chi connectivity index (χ2v) is 11.9. The van der Waals surface area contributed by atoms with Crippen LogP contribution in [0.15, 0.2) is 30.3 Å². The van der Waals surface area contributed by atoms with Crippen molar-refractivity contribution in [3.8, 4) is 0 Å². The van der Waals surface area contributed by atoms with E-state index in [2.05, 4.69) is 20.8 Å². The number of esters is 1. The van der Waals surface area contributed by atoms with Gasteiger partial charge in [-0.05, 0) is 55.6 Å². The molecule has 6 nitrogen and oxygen atoms in total. The first-order valence-electron chi connectivity index (χ1n) is 10.8. The van der Waals surface area contributed by atoms with Crippen LogP contribution in [0, 0.1) is 17.3 Å². The fourth-order valence-corrected chi connectivity index (χ4v) is 6.34. The van der Waals surface area contributed by atoms with Crippen molar-refractivity contribution in [2.45, 2.75) is 58.9 Å². The van der Waals surface area contributed by atoms with E-state index in [0.717, 1.165) is 25.7 Å². The number of ether oxygens (including phenoxy) is 1. The summed E-state index contributed by atoms with van der Waals surface area (Å²) in [7, 11) is -3.15. The van der Waals surface area contributed by atoms with Gasteiger partial charge >= 0.3 is 5.97 Å². The number of rotatable bonds is 5. The Morgan fingerprint density at radius 1 is 1.03 bits per heavy atom. The summed E-state index contributed by atoms with van der Waals surface area (Å²) < 4.78 is 29.3. The normalized spacial score (nSPS) is 26.2. The lowest BCUT2D eigenvalue weighted by Crippen LogP contribution is -2.44. The van der Waals surface area contributed by atoms with Crippen molar-refractivity contribution in [3.05, 3.63) is 30.3 Å². The second kappa shape index (κ2) is 9.08. The summed E-state index contributed by atoms with van der Waals surface area (Å²) in [6.07, 6.45) is 3.96. The van der Waals surface area contributed by atoms with Crippen LogP contribution in [-0.4, -0.2) is 44.4 Å². The van der Waals surface area contributed by atoms with Crippen LogP contribution >= 0.6 is 0 Å². The van der Waals surface area contributed by atoms with E-state index in [0.29, 0.717) is 18.0 Å². The molecule has 1 saturated carbocycles. The molecule has 1 aromatic rings. The molecule has 1 aliphatic carbocycles. The maximum atomic E-state index is 13.0. The number of anilines is 1. The Morgan fingerprint density at radius 2 is 1.67 bits per heavy atom. The number of carbonyl (C=O) groups is 2. The lowest BCUT2D eigenvalue weighted by Gasteiger charge is -2.36. The molecular weight excluding hydrogens is 402 g/mol. The Bertz CT molecular complexity index is 851. The Hall–Kier alpha value is -1.89. The monoisotopic (exact) mass is 435 g/mol. The maximum Gasteiger partial charge on any atom is 0.309 e. The number of amides is 1. The van der Waals surface area contributed by atoms with Crippen LogP contribution in [0.3, 0.4) is 0 Å². The van der Waals surface area contributed by atoms with Crippen molar-refractivity contribution in [3.63, 3.8) is 0 Å². The zero-order valence-electron chi connectivity index (χ0n) is 18.2. The van der Waals surface area contributed by atoms with Crippen LogP contribution in [0.2, 0.25) is 0 Å². The molecule has 30 heavy (non-hydrogen) atoms. The van der Waals surface area contributed by atoms with Gasteiger partial charge in [0.2, 0.25) is 0 Å². The highest BCUT2D eigenvalue weighted by Gasteiger charge is 2.37. The molecule has 1 amide bonds. The minimum absolute atomic E-state index is 0.0571. The zero-order valence-corrected chi connectivity index (χ0v) is 19.0. The van der Waals surface area contributed by atoms with E-state index in [9.17, 15) is 18.0 Å². The number of hydrogen-bond donors (Lipinski definition) is 0. The molecular formula is C23H33NO5S. The van der Waals surface area contributed by atoms with E-state index in [1.807, 2.05) is 6.07 Å². The first kappa shape index (κ1) is 22.8. The average molecular weight is 436 g/mol. The summed E-state index contributed by atoms with van der Waals surface area (Å²) in [6.45, 7) is 6.34. The zero-order chi connectivity index (χ0) is 21.9. The summed E-state index contributed by atoms with van der Waals surface area (Å²) in [6, 6.07) is 8.57. The van der Waals surface area contributed by atoms with Crippen molar-refractivity contribution in [2.75, 3.05) is 23.0 Å². The van der Waals surface area contributed by atoms with Crippen molar-refractivity contribution in [2.24, 2.45) is 17.3 Å². The Balaban J connectivity index is 1.60. The first-order chi connectivity index (χ1) is 14.1. The highest BCUT2D eigenvalue weighted by Crippen LogP contribution is 2.40. The number of nitrogens with zero attached hydrogens (tertiary/aromatic N) is 1. The number of benzene rings is 1. The number of sulfone groups is 1. The molecule has 1 aliphatic heterocycles. The van der Waals surface area contributed by atoms with Gasteiger partial charge in [-0.15, -0.1) is 0 Å². The van der Waals surface area contributed by atoms with Gasteiger partial charge in [0.05, 0.1) is 23.5 Å². The van der Waals surface area contributed by atoms with E-state index >= 15 is 0 Å². The van der Waals surface area contributed by atoms with Gasteiger partial charge in [-0.1, -0.05) is 39.0 Å². The topological polar surface area (TPSA) is 80.8 Å². The van der Waals surface area contributed by atoms with Gasteiger partial charge in [-0.2, -0.15) is 0 Å². The maximum absolute atomic E-state index is 13.0. The lowest BCUT2D eigenvalue weighted by atomic mass is 9.70. The van der Waals surface area contributed by atoms with Gasteiger partial charge in [-0.25, -0.2) is 8.42 Å². The summed E-state index contributed by atoms with van der Waals surface area (Å²) in [5.74, 6) is -0.235. The molecule has 1 heterocycles. The summed E-state index contributed by atoms with van der Waals surface area (Å²) in [5, 5.41) is 0. The first-order valence-corrected chi connectivity index (χ1v) is 12.6. The van der Waals surface area contributed by atoms with Crippen LogP contribution in [0.1, 0.15) is 52.9 Å². The molecule has 0 N–H and O–H groups in total. The van der Waals surface area contributed by atoms with Crippen LogP contribution in [-0.2, 0) is 24.2 Å². The molecule has 2 aliphatic rings. The van der Waals surface area contributed by atoms with Crippen LogP contribution < -0.4 is 4.90 Å². The quantitative estimate of drug-likeness (QED) is 0.660. The van der Waals surface area contributed by atoms with Gasteiger partial charge in [0.1, 0.15) is 0 Å². The van der Waals surface area contributed by atoms with Crippen LogP contribution in [0.25, 0.3) is 0 Å². The number of hydrogen-bond acceptors (Lipinski definition) is 5. The van der Waals surface area contributed by atoms with Gasteiger partial charge in [-0.3, -0.25) is 9.59 Å². The minimum Gasteiger partial charge on any atom is -0.455 e. The van der Waals surface area contributed by atoms with Crippen LogP contribution in [0.5, 0.6) is 0 Å². The second-order valence-electron chi connectivity index (χ2n) is 9.68. The minimum atomic E-state index is -3.15. The third-order valence-electron chi connectivity index (χ3n) is 6.50. The molecule has 1 aromatic carbocycles. The SMILES string of the molecule is CC(C)(C)C1CCC(C(=O)OCC(=O)N(c2ccccc2)C2CCS(=O)(=O)C2)CC1. The smallest absolute Gasteiger partial charge is 0.309 e.